The Kier molecular flexibility index (Phi) is 6.49. The van der Waals surface area contributed by atoms with Crippen molar-refractivity contribution in [1.82, 2.24) is 0 Å². The van der Waals surface area contributed by atoms with Crippen molar-refractivity contribution in [2.45, 2.75) is 79.2 Å². The number of hydrogen-bond donors (Lipinski definition) is 1. The van der Waals surface area contributed by atoms with Crippen LogP contribution in [0.25, 0.3) is 0 Å². The first-order chi connectivity index (χ1) is 14.1. The Hall–Kier alpha value is -2.04. The zero-order valence-electron chi connectivity index (χ0n) is 18.9. The number of rotatable bonds is 7. The van der Waals surface area contributed by atoms with Crippen LogP contribution in [-0.4, -0.2) is 23.1 Å². The van der Waals surface area contributed by atoms with E-state index in [1.807, 2.05) is 26.8 Å². The van der Waals surface area contributed by atoms with Crippen molar-refractivity contribution in [3.05, 3.63) is 35.8 Å². The second kappa shape index (κ2) is 8.60. The van der Waals surface area contributed by atoms with E-state index in [0.717, 1.165) is 24.8 Å². The molecule has 166 valence electrons. The Labute approximate surface area is 179 Å². The molecular formula is C25H36O5. The van der Waals surface area contributed by atoms with Crippen LogP contribution in [0.1, 0.15) is 72.3 Å². The molecule has 1 saturated carbocycles. The molecule has 0 spiro atoms. The molecule has 5 nitrogen and oxygen atoms in total. The summed E-state index contributed by atoms with van der Waals surface area (Å²) in [6.07, 6.45) is 9.38. The summed E-state index contributed by atoms with van der Waals surface area (Å²) in [6.45, 7) is 10.2. The molecule has 0 unspecified atom stereocenters. The van der Waals surface area contributed by atoms with Crippen molar-refractivity contribution in [2.75, 3.05) is 0 Å². The number of hydrogen-bond acceptors (Lipinski definition) is 4. The van der Waals surface area contributed by atoms with Crippen molar-refractivity contribution in [3.63, 3.8) is 0 Å². The van der Waals surface area contributed by atoms with Gasteiger partial charge >= 0.3 is 11.9 Å². The van der Waals surface area contributed by atoms with Crippen LogP contribution in [0.3, 0.4) is 0 Å². The second-order valence-electron chi connectivity index (χ2n) is 10.3. The molecule has 2 aliphatic carbocycles. The molecule has 1 aromatic rings. The molecule has 0 saturated heterocycles. The third-order valence-electron chi connectivity index (χ3n) is 7.57. The van der Waals surface area contributed by atoms with Gasteiger partial charge in [-0.25, -0.2) is 0 Å². The van der Waals surface area contributed by atoms with Crippen LogP contribution in [-0.2, 0) is 20.7 Å². The fourth-order valence-electron chi connectivity index (χ4n) is 6.12. The van der Waals surface area contributed by atoms with Gasteiger partial charge in [0.15, 0.2) is 0 Å². The van der Waals surface area contributed by atoms with E-state index >= 15 is 0 Å². The van der Waals surface area contributed by atoms with Gasteiger partial charge in [-0.1, -0.05) is 32.4 Å². The van der Waals surface area contributed by atoms with Gasteiger partial charge in [-0.3, -0.25) is 9.59 Å². The Morgan fingerprint density at radius 1 is 1.30 bits per heavy atom. The number of carboxylic acid groups (broad SMARTS) is 1. The molecular weight excluding hydrogens is 380 g/mol. The summed E-state index contributed by atoms with van der Waals surface area (Å²) < 4.78 is 11.1. The molecule has 1 heterocycles. The largest absolute Gasteiger partial charge is 0.481 e. The average molecular weight is 417 g/mol. The minimum absolute atomic E-state index is 0.0144. The van der Waals surface area contributed by atoms with Crippen LogP contribution in [0.15, 0.2) is 34.7 Å². The van der Waals surface area contributed by atoms with E-state index in [0.29, 0.717) is 19.3 Å². The number of ether oxygens (including phenoxy) is 1. The zero-order chi connectivity index (χ0) is 22.1. The quantitative estimate of drug-likeness (QED) is 0.459. The number of aliphatic carboxylic acids is 1. The predicted molar refractivity (Wildman–Crippen MR) is 115 cm³/mol. The van der Waals surface area contributed by atoms with E-state index in [1.54, 1.807) is 12.5 Å². The van der Waals surface area contributed by atoms with E-state index in [-0.39, 0.29) is 35.2 Å². The zero-order valence-corrected chi connectivity index (χ0v) is 18.9. The number of furan rings is 1. The van der Waals surface area contributed by atoms with Crippen molar-refractivity contribution in [3.8, 4) is 0 Å². The van der Waals surface area contributed by atoms with E-state index in [2.05, 4.69) is 19.9 Å². The van der Waals surface area contributed by atoms with Crippen molar-refractivity contribution in [1.29, 1.82) is 0 Å². The normalized spacial score (nSPS) is 33.7. The Bertz CT molecular complexity index is 792. The highest BCUT2D eigenvalue weighted by Crippen LogP contribution is 2.61. The maximum absolute atomic E-state index is 12.4. The van der Waals surface area contributed by atoms with Gasteiger partial charge < -0.3 is 14.3 Å². The van der Waals surface area contributed by atoms with Gasteiger partial charge in [-0.05, 0) is 74.3 Å². The van der Waals surface area contributed by atoms with Crippen LogP contribution in [0.5, 0.6) is 0 Å². The first kappa shape index (κ1) is 22.6. The topological polar surface area (TPSA) is 76.7 Å². The summed E-state index contributed by atoms with van der Waals surface area (Å²) in [5.41, 5.74) is 1.32. The van der Waals surface area contributed by atoms with Gasteiger partial charge in [0.05, 0.1) is 17.9 Å². The molecule has 1 fully saturated rings. The molecule has 3 rings (SSSR count). The lowest BCUT2D eigenvalue weighted by Gasteiger charge is -2.57. The lowest BCUT2D eigenvalue weighted by atomic mass is 9.47. The second-order valence-corrected chi connectivity index (χ2v) is 10.3. The number of carboxylic acids is 1. The molecule has 5 heteroatoms. The van der Waals surface area contributed by atoms with E-state index < -0.39 is 11.4 Å². The van der Waals surface area contributed by atoms with Gasteiger partial charge in [0.2, 0.25) is 0 Å². The Balaban J connectivity index is 1.89. The third kappa shape index (κ3) is 4.35. The van der Waals surface area contributed by atoms with Crippen LogP contribution in [0.2, 0.25) is 0 Å². The average Bonchev–Trinajstić information content (AvgIpc) is 3.13. The fourth-order valence-corrected chi connectivity index (χ4v) is 6.12. The van der Waals surface area contributed by atoms with E-state index in [1.165, 1.54) is 5.57 Å². The van der Waals surface area contributed by atoms with E-state index in [4.69, 9.17) is 9.15 Å². The number of aryl methyl sites for hydroxylation is 1. The first-order valence-corrected chi connectivity index (χ1v) is 11.2. The minimum Gasteiger partial charge on any atom is -0.481 e. The first-order valence-electron chi connectivity index (χ1n) is 11.2. The monoisotopic (exact) mass is 416 g/mol. The summed E-state index contributed by atoms with van der Waals surface area (Å²) >= 11 is 0. The molecule has 1 aromatic heterocycles. The van der Waals surface area contributed by atoms with Crippen LogP contribution >= 0.6 is 0 Å². The molecule has 0 radical (unpaired) electrons. The predicted octanol–water partition coefficient (Wildman–Crippen LogP) is 5.64. The molecule has 0 aliphatic heterocycles. The molecule has 30 heavy (non-hydrogen) atoms. The third-order valence-corrected chi connectivity index (χ3v) is 7.57. The number of allylic oxidation sites excluding steroid dienone is 2. The van der Waals surface area contributed by atoms with Gasteiger partial charge in [0.1, 0.15) is 6.10 Å². The van der Waals surface area contributed by atoms with Crippen LogP contribution < -0.4 is 0 Å². The number of carbonyl (C=O) groups is 2. The lowest BCUT2D eigenvalue weighted by Crippen LogP contribution is -2.56. The van der Waals surface area contributed by atoms with Gasteiger partial charge in [-0.15, -0.1) is 0 Å². The van der Waals surface area contributed by atoms with Gasteiger partial charge in [0, 0.05) is 12.8 Å². The smallest absolute Gasteiger partial charge is 0.309 e. The maximum Gasteiger partial charge on any atom is 0.309 e. The molecule has 5 atom stereocenters. The summed E-state index contributed by atoms with van der Waals surface area (Å²) in [6, 6.07) is 1.99. The molecule has 0 bridgehead atoms. The molecule has 1 N–H and O–H groups in total. The minimum atomic E-state index is -0.916. The number of esters is 1. The summed E-state index contributed by atoms with van der Waals surface area (Å²) in [7, 11) is 0. The molecule has 0 aromatic carbocycles. The standard InChI is InChI=1S/C25H36O5/c1-16(2)12-22(26)30-19-13-24(4)20(8-7-18-10-11-29-15-18)17(3)6-9-21(24)25(5,14-19)23(27)28/h6,10-11,15-16,19-21H,7-9,12-14H2,1-5H3,(H,27,28)/t19-,20+,21-,24-,25-/m1/s1. The van der Waals surface area contributed by atoms with Crippen LogP contribution in [0.4, 0.5) is 0 Å². The van der Waals surface area contributed by atoms with E-state index in [9.17, 15) is 14.7 Å². The van der Waals surface area contributed by atoms with Crippen molar-refractivity contribution >= 4 is 11.9 Å². The highest BCUT2D eigenvalue weighted by Gasteiger charge is 2.59. The number of fused-ring (bicyclic) bond motifs is 1. The van der Waals surface area contributed by atoms with Crippen LogP contribution in [0, 0.1) is 28.6 Å². The summed E-state index contributed by atoms with van der Waals surface area (Å²) in [4.78, 5) is 24.8. The molecule has 2 aliphatic rings. The lowest BCUT2D eigenvalue weighted by molar-refractivity contribution is -0.181. The maximum atomic E-state index is 12.4. The Morgan fingerprint density at radius 3 is 2.63 bits per heavy atom. The van der Waals surface area contributed by atoms with Gasteiger partial charge in [-0.2, -0.15) is 0 Å². The Morgan fingerprint density at radius 2 is 2.03 bits per heavy atom. The fraction of sp³-hybridized carbons (Fsp3) is 0.680. The van der Waals surface area contributed by atoms with Crippen molar-refractivity contribution in [2.24, 2.45) is 28.6 Å². The summed E-state index contributed by atoms with van der Waals surface area (Å²) in [5.74, 6) is -0.525. The van der Waals surface area contributed by atoms with Crippen molar-refractivity contribution < 1.29 is 23.8 Å². The molecule has 0 amide bonds. The summed E-state index contributed by atoms with van der Waals surface area (Å²) in [5, 5.41) is 10.2. The number of carbonyl (C=O) groups excluding carboxylic acids is 1. The SMILES string of the molecule is CC1=CC[C@@H]2[C@](C)(C[C@@H](OC(=O)CC(C)C)C[C@@]2(C)C(=O)O)[C@H]1CCc1ccoc1. The highest BCUT2D eigenvalue weighted by molar-refractivity contribution is 5.75. The highest BCUT2D eigenvalue weighted by atomic mass is 16.5. The van der Waals surface area contributed by atoms with Gasteiger partial charge in [0.25, 0.3) is 0 Å².